The molecule has 1 atom stereocenters. The Morgan fingerprint density at radius 1 is 0.933 bits per heavy atom. The molecule has 1 aromatic rings. The number of hydrogen-bond donors (Lipinski definition) is 2. The average molecular weight is 452 g/mol. The summed E-state index contributed by atoms with van der Waals surface area (Å²) in [7, 11) is 0. The van der Waals surface area contributed by atoms with Crippen molar-refractivity contribution in [2.75, 3.05) is 5.32 Å². The van der Waals surface area contributed by atoms with Crippen molar-refractivity contribution in [3.05, 3.63) is 29.8 Å². The SMILES string of the molecule is CC(C)NC(=O)c1ccc(NC(=O)C(F)(F)[C@]2(F)OC(F)(F)C(F)(F)C2(F)F)cc1. The van der Waals surface area contributed by atoms with Gasteiger partial charge in [-0.15, -0.1) is 0 Å². The van der Waals surface area contributed by atoms with Gasteiger partial charge in [0.15, 0.2) is 0 Å². The fourth-order valence-corrected chi connectivity index (χ4v) is 2.36. The van der Waals surface area contributed by atoms with Crippen LogP contribution in [0, 0.1) is 0 Å². The standard InChI is InChI=1S/C16H13F9N2O3/c1-7(2)26-10(28)8-3-5-9(6-4-8)27-11(29)12(17,18)15(23)13(19,20)14(21,22)16(24,25)30-15/h3-7H,1-2H3,(H,26,28)(H,27,29)/t15-/m0/s1. The topological polar surface area (TPSA) is 67.4 Å². The molecule has 14 heteroatoms. The second-order valence-electron chi connectivity index (χ2n) is 6.60. The van der Waals surface area contributed by atoms with E-state index in [-0.39, 0.29) is 11.6 Å². The van der Waals surface area contributed by atoms with E-state index in [0.29, 0.717) is 0 Å². The molecule has 30 heavy (non-hydrogen) atoms. The molecular weight excluding hydrogens is 439 g/mol. The molecule has 0 unspecified atom stereocenters. The van der Waals surface area contributed by atoms with Crippen molar-refractivity contribution in [2.24, 2.45) is 0 Å². The number of carbonyl (C=O) groups excluding carboxylic acids is 2. The molecule has 0 spiro atoms. The maximum Gasteiger partial charge on any atom is 0.428 e. The first-order valence-electron chi connectivity index (χ1n) is 8.03. The van der Waals surface area contributed by atoms with Crippen molar-refractivity contribution < 1.29 is 53.8 Å². The quantitative estimate of drug-likeness (QED) is 0.665. The maximum absolute atomic E-state index is 14.1. The van der Waals surface area contributed by atoms with E-state index < -0.39 is 47.2 Å². The molecule has 2 rings (SSSR count). The lowest BCUT2D eigenvalue weighted by Crippen LogP contribution is -2.63. The van der Waals surface area contributed by atoms with Gasteiger partial charge in [-0.3, -0.25) is 14.3 Å². The number of nitrogens with one attached hydrogen (secondary N) is 2. The number of hydrogen-bond acceptors (Lipinski definition) is 3. The van der Waals surface area contributed by atoms with Crippen molar-refractivity contribution in [3.8, 4) is 0 Å². The summed E-state index contributed by atoms with van der Waals surface area (Å²) >= 11 is 0. The number of amides is 2. The van der Waals surface area contributed by atoms with Crippen LogP contribution in [0.1, 0.15) is 24.2 Å². The highest BCUT2D eigenvalue weighted by Gasteiger charge is 2.96. The molecular formula is C16H13F9N2O3. The lowest BCUT2D eigenvalue weighted by atomic mass is 9.99. The first kappa shape index (κ1) is 23.8. The van der Waals surface area contributed by atoms with Crippen LogP contribution in [0.5, 0.6) is 0 Å². The molecule has 0 bridgehead atoms. The number of anilines is 1. The predicted octanol–water partition coefficient (Wildman–Crippen LogP) is 3.96. The van der Waals surface area contributed by atoms with Crippen molar-refractivity contribution >= 4 is 17.5 Å². The molecule has 1 saturated heterocycles. The fourth-order valence-electron chi connectivity index (χ4n) is 2.36. The lowest BCUT2D eigenvalue weighted by molar-refractivity contribution is -0.366. The van der Waals surface area contributed by atoms with Crippen LogP contribution in [0.2, 0.25) is 0 Å². The van der Waals surface area contributed by atoms with Crippen LogP contribution in [0.25, 0.3) is 0 Å². The third-order valence-corrected chi connectivity index (χ3v) is 3.95. The number of halogens is 9. The van der Waals surface area contributed by atoms with Crippen LogP contribution in [0.3, 0.4) is 0 Å². The summed E-state index contributed by atoms with van der Waals surface area (Å²) in [4.78, 5) is 23.4. The molecule has 1 aromatic carbocycles. The smallest absolute Gasteiger partial charge is 0.350 e. The van der Waals surface area contributed by atoms with Gasteiger partial charge >= 0.3 is 35.6 Å². The number of ether oxygens (including phenoxy) is 1. The van der Waals surface area contributed by atoms with E-state index in [2.05, 4.69) is 10.1 Å². The first-order valence-corrected chi connectivity index (χ1v) is 8.03. The minimum Gasteiger partial charge on any atom is -0.350 e. The minimum absolute atomic E-state index is 0.0136. The van der Waals surface area contributed by atoms with Gasteiger partial charge < -0.3 is 10.6 Å². The van der Waals surface area contributed by atoms with Crippen molar-refractivity contribution in [3.63, 3.8) is 0 Å². The molecule has 1 aliphatic heterocycles. The van der Waals surface area contributed by atoms with Crippen LogP contribution in [-0.2, 0) is 9.53 Å². The minimum atomic E-state index is -6.76. The molecule has 2 amide bonds. The fraction of sp³-hybridized carbons (Fsp3) is 0.500. The second-order valence-corrected chi connectivity index (χ2v) is 6.60. The van der Waals surface area contributed by atoms with E-state index in [1.165, 1.54) is 5.32 Å². The third kappa shape index (κ3) is 3.36. The number of rotatable bonds is 5. The van der Waals surface area contributed by atoms with E-state index in [4.69, 9.17) is 0 Å². The Labute approximate surface area is 162 Å². The molecule has 0 saturated carbocycles. The van der Waals surface area contributed by atoms with E-state index in [9.17, 15) is 49.1 Å². The van der Waals surface area contributed by atoms with Gasteiger partial charge in [-0.05, 0) is 38.1 Å². The normalized spacial score (nSPS) is 24.5. The molecule has 1 fully saturated rings. The summed E-state index contributed by atoms with van der Waals surface area (Å²) in [6.07, 6.45) is -6.32. The summed E-state index contributed by atoms with van der Waals surface area (Å²) in [6.45, 7) is 3.27. The molecule has 1 aliphatic rings. The van der Waals surface area contributed by atoms with Crippen LogP contribution in [0.15, 0.2) is 24.3 Å². The summed E-state index contributed by atoms with van der Waals surface area (Å²) in [6, 6.07) is 3.38. The van der Waals surface area contributed by atoms with Crippen molar-refractivity contribution in [1.82, 2.24) is 5.32 Å². The number of benzene rings is 1. The highest BCUT2D eigenvalue weighted by molar-refractivity contribution is 5.98. The largest absolute Gasteiger partial charge is 0.428 e. The Balaban J connectivity index is 2.27. The Kier molecular flexibility index (Phi) is 5.57. The Morgan fingerprint density at radius 2 is 1.43 bits per heavy atom. The van der Waals surface area contributed by atoms with E-state index in [1.807, 2.05) is 0 Å². The zero-order valence-electron chi connectivity index (χ0n) is 15.0. The van der Waals surface area contributed by atoms with Gasteiger partial charge in [-0.2, -0.15) is 39.5 Å². The molecule has 0 aromatic heterocycles. The predicted molar refractivity (Wildman–Crippen MR) is 82.4 cm³/mol. The summed E-state index contributed by atoms with van der Waals surface area (Å²) in [5, 5.41) is 3.69. The van der Waals surface area contributed by atoms with Gasteiger partial charge in [0.1, 0.15) is 0 Å². The Hall–Kier alpha value is -2.51. The summed E-state index contributed by atoms with van der Waals surface area (Å²) in [5.41, 5.74) is -0.621. The molecule has 2 N–H and O–H groups in total. The zero-order chi connectivity index (χ0) is 23.3. The Morgan fingerprint density at radius 3 is 1.83 bits per heavy atom. The van der Waals surface area contributed by atoms with Gasteiger partial charge in [0.25, 0.3) is 5.91 Å². The summed E-state index contributed by atoms with van der Waals surface area (Å²) in [5.74, 6) is -29.5. The van der Waals surface area contributed by atoms with Crippen molar-refractivity contribution in [1.29, 1.82) is 0 Å². The van der Waals surface area contributed by atoms with Gasteiger partial charge in [-0.25, -0.2) is 0 Å². The average Bonchev–Trinajstić information content (AvgIpc) is 2.69. The lowest BCUT2D eigenvalue weighted by Gasteiger charge is -2.31. The molecule has 1 heterocycles. The highest BCUT2D eigenvalue weighted by atomic mass is 19.4. The molecule has 168 valence electrons. The first-order chi connectivity index (χ1) is 13.4. The van der Waals surface area contributed by atoms with Gasteiger partial charge in [0.2, 0.25) is 0 Å². The zero-order valence-corrected chi connectivity index (χ0v) is 15.0. The summed E-state index contributed by atoms with van der Waals surface area (Å²) < 4.78 is 123. The number of carbonyl (C=O) groups is 2. The monoisotopic (exact) mass is 452 g/mol. The van der Waals surface area contributed by atoms with Gasteiger partial charge in [0, 0.05) is 17.3 Å². The molecule has 5 nitrogen and oxygen atoms in total. The Bertz CT molecular complexity index is 843. The van der Waals surface area contributed by atoms with Crippen molar-refractivity contribution in [2.45, 2.75) is 49.6 Å². The highest BCUT2D eigenvalue weighted by Crippen LogP contribution is 2.64. The van der Waals surface area contributed by atoms with E-state index >= 15 is 0 Å². The maximum atomic E-state index is 14.1. The van der Waals surface area contributed by atoms with Gasteiger partial charge in [0.05, 0.1) is 0 Å². The van der Waals surface area contributed by atoms with Crippen LogP contribution < -0.4 is 10.6 Å². The van der Waals surface area contributed by atoms with E-state index in [0.717, 1.165) is 24.3 Å². The van der Waals surface area contributed by atoms with Gasteiger partial charge in [-0.1, -0.05) is 0 Å². The molecule has 0 aliphatic carbocycles. The molecule has 0 radical (unpaired) electrons. The number of alkyl halides is 9. The van der Waals surface area contributed by atoms with Crippen LogP contribution in [0.4, 0.5) is 45.2 Å². The van der Waals surface area contributed by atoms with Crippen LogP contribution >= 0.6 is 0 Å². The third-order valence-electron chi connectivity index (χ3n) is 3.95. The van der Waals surface area contributed by atoms with Crippen LogP contribution in [-0.4, -0.2) is 47.6 Å². The van der Waals surface area contributed by atoms with E-state index in [1.54, 1.807) is 13.8 Å². The second kappa shape index (κ2) is 7.03.